The Labute approximate surface area is 168 Å². The van der Waals surface area contributed by atoms with Gasteiger partial charge in [0.1, 0.15) is 11.5 Å². The van der Waals surface area contributed by atoms with Crippen molar-refractivity contribution in [1.82, 2.24) is 4.57 Å². The lowest BCUT2D eigenvalue weighted by Gasteiger charge is -2.18. The molecule has 0 saturated carbocycles. The lowest BCUT2D eigenvalue weighted by Crippen LogP contribution is -2.12. The first-order valence-corrected chi connectivity index (χ1v) is 9.02. The van der Waals surface area contributed by atoms with E-state index in [0.717, 1.165) is 28.2 Å². The number of nitrogens with zero attached hydrogens (tertiary/aromatic N) is 1. The molecule has 0 aliphatic heterocycles. The molecular weight excluding hydrogens is 372 g/mol. The molecule has 4 N–H and O–H groups in total. The van der Waals surface area contributed by atoms with Gasteiger partial charge in [0.25, 0.3) is 0 Å². The SMILES string of the molecule is COc1cc(O)ccc1-c1ccc(CCC(=O)O)n1-c1ccc(C(N)=O)cc1C. The minimum absolute atomic E-state index is 0.0193. The summed E-state index contributed by atoms with van der Waals surface area (Å²) in [4.78, 5) is 22.6. The summed E-state index contributed by atoms with van der Waals surface area (Å²) >= 11 is 0. The van der Waals surface area contributed by atoms with E-state index in [1.165, 1.54) is 13.2 Å². The number of aryl methyl sites for hydroxylation is 2. The zero-order valence-electron chi connectivity index (χ0n) is 16.2. The number of aromatic hydroxyl groups is 1. The van der Waals surface area contributed by atoms with Crippen LogP contribution in [0.25, 0.3) is 16.9 Å². The van der Waals surface area contributed by atoms with Gasteiger partial charge in [0.2, 0.25) is 5.91 Å². The number of amides is 1. The van der Waals surface area contributed by atoms with E-state index in [0.29, 0.717) is 17.7 Å². The second-order valence-corrected chi connectivity index (χ2v) is 6.69. The van der Waals surface area contributed by atoms with E-state index >= 15 is 0 Å². The molecule has 7 heteroatoms. The van der Waals surface area contributed by atoms with Crippen LogP contribution in [0.3, 0.4) is 0 Å². The average molecular weight is 394 g/mol. The van der Waals surface area contributed by atoms with E-state index in [2.05, 4.69) is 0 Å². The Morgan fingerprint density at radius 2 is 1.86 bits per heavy atom. The number of methoxy groups -OCH3 is 1. The van der Waals surface area contributed by atoms with Crippen molar-refractivity contribution >= 4 is 11.9 Å². The number of phenols is 1. The molecule has 0 atom stereocenters. The smallest absolute Gasteiger partial charge is 0.303 e. The number of carbonyl (C=O) groups is 2. The van der Waals surface area contributed by atoms with Gasteiger partial charge in [0.05, 0.1) is 19.2 Å². The number of aliphatic carboxylic acids is 1. The molecule has 0 bridgehead atoms. The summed E-state index contributed by atoms with van der Waals surface area (Å²) in [5.41, 5.74) is 9.71. The summed E-state index contributed by atoms with van der Waals surface area (Å²) in [5.74, 6) is -0.835. The Morgan fingerprint density at radius 1 is 1.10 bits per heavy atom. The number of aromatic nitrogens is 1. The van der Waals surface area contributed by atoms with Gasteiger partial charge in [-0.1, -0.05) is 0 Å². The number of carbonyl (C=O) groups excluding carboxylic acids is 1. The summed E-state index contributed by atoms with van der Waals surface area (Å²) in [6, 6.07) is 13.7. The van der Waals surface area contributed by atoms with Crippen molar-refractivity contribution in [1.29, 1.82) is 0 Å². The highest BCUT2D eigenvalue weighted by atomic mass is 16.5. The lowest BCUT2D eigenvalue weighted by atomic mass is 10.1. The Balaban J connectivity index is 2.22. The van der Waals surface area contributed by atoms with Crippen molar-refractivity contribution in [2.24, 2.45) is 5.73 Å². The van der Waals surface area contributed by atoms with Crippen molar-refractivity contribution in [3.63, 3.8) is 0 Å². The summed E-state index contributed by atoms with van der Waals surface area (Å²) < 4.78 is 7.37. The minimum atomic E-state index is -0.887. The van der Waals surface area contributed by atoms with Gasteiger partial charge in [-0.2, -0.15) is 0 Å². The Kier molecular flexibility index (Phi) is 5.59. The lowest BCUT2D eigenvalue weighted by molar-refractivity contribution is -0.136. The molecule has 1 aromatic heterocycles. The molecule has 29 heavy (non-hydrogen) atoms. The fourth-order valence-electron chi connectivity index (χ4n) is 3.35. The van der Waals surface area contributed by atoms with Crippen molar-refractivity contribution in [2.75, 3.05) is 7.11 Å². The highest BCUT2D eigenvalue weighted by Gasteiger charge is 2.18. The monoisotopic (exact) mass is 394 g/mol. The molecule has 0 unspecified atom stereocenters. The van der Waals surface area contributed by atoms with Gasteiger partial charge in [-0.25, -0.2) is 0 Å². The van der Waals surface area contributed by atoms with Crippen molar-refractivity contribution < 1.29 is 24.5 Å². The van der Waals surface area contributed by atoms with Crippen LogP contribution in [0, 0.1) is 6.92 Å². The molecule has 3 aromatic rings. The number of hydrogen-bond acceptors (Lipinski definition) is 4. The quantitative estimate of drug-likeness (QED) is 0.569. The highest BCUT2D eigenvalue weighted by Crippen LogP contribution is 2.36. The molecule has 2 aromatic carbocycles. The molecule has 0 radical (unpaired) electrons. The fourth-order valence-corrected chi connectivity index (χ4v) is 3.35. The van der Waals surface area contributed by atoms with Gasteiger partial charge in [-0.15, -0.1) is 0 Å². The predicted molar refractivity (Wildman–Crippen MR) is 109 cm³/mol. The van der Waals surface area contributed by atoms with Gasteiger partial charge < -0.3 is 25.3 Å². The van der Waals surface area contributed by atoms with Gasteiger partial charge >= 0.3 is 5.97 Å². The third-order valence-electron chi connectivity index (χ3n) is 4.74. The Bertz CT molecular complexity index is 1080. The molecule has 0 saturated heterocycles. The van der Waals surface area contributed by atoms with Crippen LogP contribution in [0.4, 0.5) is 0 Å². The molecule has 3 rings (SSSR count). The van der Waals surface area contributed by atoms with E-state index in [1.54, 1.807) is 30.3 Å². The second kappa shape index (κ2) is 8.10. The second-order valence-electron chi connectivity index (χ2n) is 6.69. The highest BCUT2D eigenvalue weighted by molar-refractivity contribution is 5.93. The van der Waals surface area contributed by atoms with Crippen LogP contribution in [0.1, 0.15) is 28.0 Å². The standard InChI is InChI=1S/C22H22N2O5/c1-13-11-14(22(23)28)3-8-18(13)24-15(5-10-21(26)27)4-9-19(24)17-7-6-16(25)12-20(17)29-2/h3-4,6-9,11-12,25H,5,10H2,1-2H3,(H2,23,28)(H,26,27). The van der Waals surface area contributed by atoms with Gasteiger partial charge in [0, 0.05) is 28.6 Å². The van der Waals surface area contributed by atoms with Crippen LogP contribution in [0.2, 0.25) is 0 Å². The molecule has 0 aliphatic carbocycles. The van der Waals surface area contributed by atoms with Gasteiger partial charge in [0.15, 0.2) is 0 Å². The summed E-state index contributed by atoms with van der Waals surface area (Å²) in [5, 5.41) is 18.9. The molecule has 1 amide bonds. The molecular formula is C22H22N2O5. The number of ether oxygens (including phenoxy) is 1. The van der Waals surface area contributed by atoms with E-state index in [-0.39, 0.29) is 12.2 Å². The number of nitrogens with two attached hydrogens (primary N) is 1. The van der Waals surface area contributed by atoms with Crippen molar-refractivity contribution in [3.05, 3.63) is 65.4 Å². The average Bonchev–Trinajstić information content (AvgIpc) is 3.09. The number of phenolic OH excluding ortho intramolecular Hbond substituents is 1. The maximum absolute atomic E-state index is 11.5. The summed E-state index contributed by atoms with van der Waals surface area (Å²) in [6.07, 6.45) is 0.307. The Hall–Kier alpha value is -3.74. The zero-order chi connectivity index (χ0) is 21.1. The number of carboxylic acid groups (broad SMARTS) is 1. The summed E-state index contributed by atoms with van der Waals surface area (Å²) in [6.45, 7) is 1.86. The first kappa shape index (κ1) is 20.0. The zero-order valence-corrected chi connectivity index (χ0v) is 16.2. The number of primary amides is 1. The van der Waals surface area contributed by atoms with Crippen molar-refractivity contribution in [2.45, 2.75) is 19.8 Å². The first-order valence-electron chi connectivity index (χ1n) is 9.02. The van der Waals surface area contributed by atoms with E-state index < -0.39 is 11.9 Å². The molecule has 0 spiro atoms. The molecule has 7 nitrogen and oxygen atoms in total. The van der Waals surface area contributed by atoms with Crippen LogP contribution >= 0.6 is 0 Å². The topological polar surface area (TPSA) is 115 Å². The maximum Gasteiger partial charge on any atom is 0.303 e. The molecule has 1 heterocycles. The van der Waals surface area contributed by atoms with E-state index in [1.807, 2.05) is 23.6 Å². The molecule has 0 fully saturated rings. The van der Waals surface area contributed by atoms with Crippen molar-refractivity contribution in [3.8, 4) is 28.4 Å². The molecule has 150 valence electrons. The molecule has 0 aliphatic rings. The summed E-state index contributed by atoms with van der Waals surface area (Å²) in [7, 11) is 1.52. The van der Waals surface area contributed by atoms with Crippen LogP contribution in [-0.4, -0.2) is 33.8 Å². The third-order valence-corrected chi connectivity index (χ3v) is 4.74. The number of rotatable bonds is 7. The van der Waals surface area contributed by atoms with Crippen LogP contribution < -0.4 is 10.5 Å². The largest absolute Gasteiger partial charge is 0.508 e. The number of benzene rings is 2. The van der Waals surface area contributed by atoms with Crippen LogP contribution in [-0.2, 0) is 11.2 Å². The number of carboxylic acids is 1. The van der Waals surface area contributed by atoms with Gasteiger partial charge in [-0.3, -0.25) is 9.59 Å². The van der Waals surface area contributed by atoms with E-state index in [9.17, 15) is 14.7 Å². The predicted octanol–water partition coefficient (Wildman–Crippen LogP) is 3.28. The van der Waals surface area contributed by atoms with Crippen LogP contribution in [0.5, 0.6) is 11.5 Å². The normalized spacial score (nSPS) is 10.7. The number of hydrogen-bond donors (Lipinski definition) is 3. The van der Waals surface area contributed by atoms with Crippen LogP contribution in [0.15, 0.2) is 48.5 Å². The maximum atomic E-state index is 11.5. The van der Waals surface area contributed by atoms with E-state index in [4.69, 9.17) is 15.6 Å². The first-order chi connectivity index (χ1) is 13.8. The Morgan fingerprint density at radius 3 is 2.48 bits per heavy atom. The fraction of sp³-hybridized carbons (Fsp3) is 0.182. The minimum Gasteiger partial charge on any atom is -0.508 e. The third kappa shape index (κ3) is 4.08. The van der Waals surface area contributed by atoms with Gasteiger partial charge in [-0.05, 0) is 61.4 Å².